The zero-order valence-electron chi connectivity index (χ0n) is 11.8. The third-order valence-electron chi connectivity index (χ3n) is 2.98. The number of methoxy groups -OCH3 is 2. The van der Waals surface area contributed by atoms with Crippen molar-refractivity contribution in [2.45, 2.75) is 0 Å². The van der Waals surface area contributed by atoms with Crippen molar-refractivity contribution >= 4 is 22.7 Å². The van der Waals surface area contributed by atoms with Crippen LogP contribution < -0.4 is 14.4 Å². The van der Waals surface area contributed by atoms with Gasteiger partial charge in [-0.25, -0.2) is 9.78 Å². The van der Waals surface area contributed by atoms with Gasteiger partial charge < -0.3 is 19.5 Å². The van der Waals surface area contributed by atoms with E-state index in [-0.39, 0.29) is 5.56 Å². The summed E-state index contributed by atoms with van der Waals surface area (Å²) in [4.78, 5) is 17.7. The van der Waals surface area contributed by atoms with Gasteiger partial charge >= 0.3 is 5.97 Å². The molecule has 0 aliphatic rings. The minimum atomic E-state index is -1.02. The van der Waals surface area contributed by atoms with E-state index in [0.717, 1.165) is 0 Å². The number of fused-ring (bicyclic) bond motifs is 1. The van der Waals surface area contributed by atoms with E-state index in [2.05, 4.69) is 4.98 Å². The second kappa shape index (κ2) is 5.24. The lowest BCUT2D eigenvalue weighted by molar-refractivity contribution is 0.0698. The molecule has 0 amide bonds. The maximum absolute atomic E-state index is 11.5. The summed E-state index contributed by atoms with van der Waals surface area (Å²) in [6, 6.07) is 4.86. The Morgan fingerprint density at radius 1 is 1.20 bits per heavy atom. The number of benzene rings is 1. The fourth-order valence-electron chi connectivity index (χ4n) is 1.97. The Bertz CT molecular complexity index is 668. The molecule has 0 aliphatic heterocycles. The Kier molecular flexibility index (Phi) is 3.65. The second-order valence-corrected chi connectivity index (χ2v) is 4.45. The highest BCUT2D eigenvalue weighted by Gasteiger charge is 2.18. The smallest absolute Gasteiger partial charge is 0.336 e. The van der Waals surface area contributed by atoms with E-state index in [1.807, 2.05) is 0 Å². The van der Waals surface area contributed by atoms with E-state index < -0.39 is 5.97 Å². The molecule has 1 aromatic carbocycles. The number of pyridine rings is 1. The van der Waals surface area contributed by atoms with Crippen LogP contribution in [-0.2, 0) is 0 Å². The van der Waals surface area contributed by atoms with Crippen LogP contribution in [-0.4, -0.2) is 44.4 Å². The van der Waals surface area contributed by atoms with E-state index in [4.69, 9.17) is 9.47 Å². The average molecular weight is 276 g/mol. The van der Waals surface area contributed by atoms with Gasteiger partial charge in [0.05, 0.1) is 30.7 Å². The molecule has 0 unspecified atom stereocenters. The van der Waals surface area contributed by atoms with Crippen LogP contribution in [0.5, 0.6) is 11.5 Å². The number of aromatic nitrogens is 1. The van der Waals surface area contributed by atoms with E-state index in [1.54, 1.807) is 31.1 Å². The largest absolute Gasteiger partial charge is 0.497 e. The Balaban J connectivity index is 2.88. The Labute approximate surface area is 116 Å². The van der Waals surface area contributed by atoms with Gasteiger partial charge in [0.25, 0.3) is 0 Å². The van der Waals surface area contributed by atoms with Crippen LogP contribution in [0.15, 0.2) is 18.2 Å². The van der Waals surface area contributed by atoms with Gasteiger partial charge in [0.2, 0.25) is 0 Å². The van der Waals surface area contributed by atoms with Gasteiger partial charge in [-0.1, -0.05) is 0 Å². The summed E-state index contributed by atoms with van der Waals surface area (Å²) in [6.45, 7) is 0. The molecule has 1 N–H and O–H groups in total. The number of carbonyl (C=O) groups is 1. The Morgan fingerprint density at radius 2 is 1.90 bits per heavy atom. The molecule has 0 saturated carbocycles. The van der Waals surface area contributed by atoms with E-state index in [9.17, 15) is 9.90 Å². The molecular formula is C14H16N2O4. The number of ether oxygens (including phenoxy) is 2. The lowest BCUT2D eigenvalue weighted by Crippen LogP contribution is -2.12. The SMILES string of the molecule is COc1cc(OC)c2c(C(=O)O)cc(N(C)C)nc2c1. The molecule has 6 heteroatoms. The van der Waals surface area contributed by atoms with Crippen molar-refractivity contribution < 1.29 is 19.4 Å². The maximum atomic E-state index is 11.5. The lowest BCUT2D eigenvalue weighted by atomic mass is 10.1. The van der Waals surface area contributed by atoms with Gasteiger partial charge in [-0.05, 0) is 6.07 Å². The lowest BCUT2D eigenvalue weighted by Gasteiger charge is -2.16. The van der Waals surface area contributed by atoms with Crippen LogP contribution in [0.3, 0.4) is 0 Å². The second-order valence-electron chi connectivity index (χ2n) is 4.45. The fourth-order valence-corrected chi connectivity index (χ4v) is 1.97. The summed E-state index contributed by atoms with van der Waals surface area (Å²) in [5.74, 6) is 0.526. The zero-order valence-corrected chi connectivity index (χ0v) is 11.8. The molecule has 2 rings (SSSR count). The molecule has 0 atom stereocenters. The molecular weight excluding hydrogens is 260 g/mol. The first-order valence-electron chi connectivity index (χ1n) is 5.95. The number of aromatic carboxylic acids is 1. The van der Waals surface area contributed by atoms with Crippen molar-refractivity contribution in [1.29, 1.82) is 0 Å². The highest BCUT2D eigenvalue weighted by molar-refractivity contribution is 6.06. The van der Waals surface area contributed by atoms with Gasteiger partial charge in [-0.3, -0.25) is 0 Å². The highest BCUT2D eigenvalue weighted by atomic mass is 16.5. The molecule has 0 spiro atoms. The van der Waals surface area contributed by atoms with Crippen molar-refractivity contribution in [3.05, 3.63) is 23.8 Å². The summed E-state index contributed by atoms with van der Waals surface area (Å²) in [6.07, 6.45) is 0. The molecule has 1 aromatic heterocycles. The quantitative estimate of drug-likeness (QED) is 0.921. The third-order valence-corrected chi connectivity index (χ3v) is 2.98. The number of carboxylic acid groups (broad SMARTS) is 1. The molecule has 2 aromatic rings. The molecule has 0 radical (unpaired) electrons. The summed E-state index contributed by atoms with van der Waals surface area (Å²) in [5, 5.41) is 9.87. The fraction of sp³-hybridized carbons (Fsp3) is 0.286. The minimum Gasteiger partial charge on any atom is -0.497 e. The van der Waals surface area contributed by atoms with Gasteiger partial charge in [0.15, 0.2) is 0 Å². The standard InChI is InChI=1S/C14H16N2O4/c1-16(2)12-7-9(14(17)18)13-10(15-12)5-8(19-3)6-11(13)20-4/h5-7H,1-4H3,(H,17,18). The van der Waals surface area contributed by atoms with Crippen molar-refractivity contribution in [3.8, 4) is 11.5 Å². The zero-order chi connectivity index (χ0) is 14.9. The molecule has 20 heavy (non-hydrogen) atoms. The first-order chi connectivity index (χ1) is 9.47. The van der Waals surface area contributed by atoms with Crippen LogP contribution in [0.25, 0.3) is 10.9 Å². The van der Waals surface area contributed by atoms with E-state index in [0.29, 0.717) is 28.2 Å². The number of hydrogen-bond acceptors (Lipinski definition) is 5. The van der Waals surface area contributed by atoms with Gasteiger partial charge in [0.1, 0.15) is 17.3 Å². The number of carboxylic acids is 1. The maximum Gasteiger partial charge on any atom is 0.336 e. The molecule has 1 heterocycles. The Morgan fingerprint density at radius 3 is 2.40 bits per heavy atom. The molecule has 0 fully saturated rings. The first-order valence-corrected chi connectivity index (χ1v) is 5.95. The van der Waals surface area contributed by atoms with Crippen LogP contribution in [0.1, 0.15) is 10.4 Å². The van der Waals surface area contributed by atoms with Crippen LogP contribution >= 0.6 is 0 Å². The van der Waals surface area contributed by atoms with Crippen LogP contribution in [0, 0.1) is 0 Å². The van der Waals surface area contributed by atoms with Crippen LogP contribution in [0.2, 0.25) is 0 Å². The van der Waals surface area contributed by atoms with Gasteiger partial charge in [0, 0.05) is 26.2 Å². The van der Waals surface area contributed by atoms with Crippen molar-refractivity contribution in [2.24, 2.45) is 0 Å². The summed E-state index contributed by atoms with van der Waals surface area (Å²) in [7, 11) is 6.63. The molecule has 0 bridgehead atoms. The van der Waals surface area contributed by atoms with E-state index >= 15 is 0 Å². The van der Waals surface area contributed by atoms with Gasteiger partial charge in [-0.2, -0.15) is 0 Å². The topological polar surface area (TPSA) is 71.9 Å². The first kappa shape index (κ1) is 13.9. The molecule has 6 nitrogen and oxygen atoms in total. The predicted molar refractivity (Wildman–Crippen MR) is 76.1 cm³/mol. The number of rotatable bonds is 4. The molecule has 106 valence electrons. The number of nitrogens with zero attached hydrogens (tertiary/aromatic N) is 2. The normalized spacial score (nSPS) is 10.4. The molecule has 0 saturated heterocycles. The minimum absolute atomic E-state index is 0.151. The average Bonchev–Trinajstić information content (AvgIpc) is 2.44. The van der Waals surface area contributed by atoms with Crippen LogP contribution in [0.4, 0.5) is 5.82 Å². The summed E-state index contributed by atoms with van der Waals surface area (Å²) < 4.78 is 10.4. The van der Waals surface area contributed by atoms with E-state index in [1.165, 1.54) is 20.3 Å². The van der Waals surface area contributed by atoms with Crippen molar-refractivity contribution in [3.63, 3.8) is 0 Å². The predicted octanol–water partition coefficient (Wildman–Crippen LogP) is 2.02. The Hall–Kier alpha value is -2.50. The van der Waals surface area contributed by atoms with Crippen molar-refractivity contribution in [1.82, 2.24) is 4.98 Å². The monoisotopic (exact) mass is 276 g/mol. The van der Waals surface area contributed by atoms with Crippen molar-refractivity contribution in [2.75, 3.05) is 33.2 Å². The number of hydrogen-bond donors (Lipinski definition) is 1. The molecule has 0 aliphatic carbocycles. The number of anilines is 1. The summed E-state index contributed by atoms with van der Waals surface area (Å²) in [5.41, 5.74) is 0.669. The van der Waals surface area contributed by atoms with Gasteiger partial charge in [-0.15, -0.1) is 0 Å². The third kappa shape index (κ3) is 2.32. The highest BCUT2D eigenvalue weighted by Crippen LogP contribution is 2.34. The summed E-state index contributed by atoms with van der Waals surface area (Å²) >= 11 is 0.